The van der Waals surface area contributed by atoms with Crippen molar-refractivity contribution in [3.63, 3.8) is 0 Å². The van der Waals surface area contributed by atoms with Crippen LogP contribution < -0.4 is 5.73 Å². The molecule has 1 heterocycles. The zero-order valence-corrected chi connectivity index (χ0v) is 8.00. The summed E-state index contributed by atoms with van der Waals surface area (Å²) in [6.07, 6.45) is -1.24. The molecule has 1 saturated heterocycles. The zero-order chi connectivity index (χ0) is 10.8. The van der Waals surface area contributed by atoms with Crippen molar-refractivity contribution in [3.8, 4) is 0 Å². The SMILES string of the molecule is CN(CCN)CC1CC(F)(F)C(=O)O1. The third-order valence-electron chi connectivity index (χ3n) is 2.08. The minimum Gasteiger partial charge on any atom is -0.456 e. The van der Waals surface area contributed by atoms with Crippen molar-refractivity contribution in [2.45, 2.75) is 18.4 Å². The average molecular weight is 208 g/mol. The van der Waals surface area contributed by atoms with E-state index >= 15 is 0 Å². The molecule has 1 rings (SSSR count). The number of hydrogen-bond acceptors (Lipinski definition) is 4. The van der Waals surface area contributed by atoms with E-state index in [2.05, 4.69) is 4.74 Å². The summed E-state index contributed by atoms with van der Waals surface area (Å²) in [6, 6.07) is 0. The van der Waals surface area contributed by atoms with Gasteiger partial charge >= 0.3 is 11.9 Å². The molecule has 0 aliphatic carbocycles. The van der Waals surface area contributed by atoms with Crippen molar-refractivity contribution in [1.29, 1.82) is 0 Å². The summed E-state index contributed by atoms with van der Waals surface area (Å²) in [4.78, 5) is 12.4. The van der Waals surface area contributed by atoms with Crippen molar-refractivity contribution in [3.05, 3.63) is 0 Å². The molecule has 14 heavy (non-hydrogen) atoms. The summed E-state index contributed by atoms with van der Waals surface area (Å²) in [5.41, 5.74) is 5.29. The van der Waals surface area contributed by atoms with Crippen molar-refractivity contribution in [1.82, 2.24) is 4.90 Å². The van der Waals surface area contributed by atoms with Gasteiger partial charge in [-0.05, 0) is 7.05 Å². The lowest BCUT2D eigenvalue weighted by atomic mass is 10.2. The lowest BCUT2D eigenvalue weighted by Crippen LogP contribution is -2.33. The first-order valence-corrected chi connectivity index (χ1v) is 4.43. The molecule has 0 aromatic rings. The highest BCUT2D eigenvalue weighted by Crippen LogP contribution is 2.30. The van der Waals surface area contributed by atoms with Crippen LogP contribution in [-0.2, 0) is 9.53 Å². The number of likely N-dealkylation sites (N-methyl/N-ethyl adjacent to an activating group) is 1. The second-order valence-corrected chi connectivity index (χ2v) is 3.49. The van der Waals surface area contributed by atoms with E-state index in [1.807, 2.05) is 0 Å². The Morgan fingerprint density at radius 1 is 1.71 bits per heavy atom. The summed E-state index contributed by atoms with van der Waals surface area (Å²) < 4.78 is 29.9. The van der Waals surface area contributed by atoms with Crippen LogP contribution in [0.15, 0.2) is 0 Å². The average Bonchev–Trinajstić information content (AvgIpc) is 2.25. The third-order valence-corrected chi connectivity index (χ3v) is 2.08. The van der Waals surface area contributed by atoms with Gasteiger partial charge in [-0.1, -0.05) is 0 Å². The van der Waals surface area contributed by atoms with Crippen LogP contribution in [0.1, 0.15) is 6.42 Å². The van der Waals surface area contributed by atoms with Crippen LogP contribution in [0.4, 0.5) is 8.78 Å². The Hall–Kier alpha value is -0.750. The minimum atomic E-state index is -3.31. The van der Waals surface area contributed by atoms with Gasteiger partial charge in [0.05, 0.1) is 6.42 Å². The number of nitrogens with two attached hydrogens (primary N) is 1. The highest BCUT2D eigenvalue weighted by atomic mass is 19.3. The van der Waals surface area contributed by atoms with Gasteiger partial charge in [-0.15, -0.1) is 0 Å². The maximum atomic E-state index is 12.7. The smallest absolute Gasteiger partial charge is 0.377 e. The molecule has 1 atom stereocenters. The van der Waals surface area contributed by atoms with E-state index in [9.17, 15) is 13.6 Å². The van der Waals surface area contributed by atoms with Gasteiger partial charge in [0.15, 0.2) is 0 Å². The van der Waals surface area contributed by atoms with Crippen LogP contribution in [0, 0.1) is 0 Å². The quantitative estimate of drug-likeness (QED) is 0.651. The molecule has 0 radical (unpaired) electrons. The number of ether oxygens (including phenoxy) is 1. The predicted molar refractivity (Wildman–Crippen MR) is 46.0 cm³/mol. The van der Waals surface area contributed by atoms with Crippen LogP contribution in [0.25, 0.3) is 0 Å². The Labute approximate surface area is 81.0 Å². The standard InChI is InChI=1S/C8H14F2N2O2/c1-12(3-2-11)5-6-4-8(9,10)7(13)14-6/h6H,2-5,11H2,1H3. The fourth-order valence-electron chi connectivity index (χ4n) is 1.41. The molecule has 0 spiro atoms. The van der Waals surface area contributed by atoms with Gasteiger partial charge in [-0.3, -0.25) is 0 Å². The van der Waals surface area contributed by atoms with Crippen molar-refractivity contribution in [2.24, 2.45) is 5.73 Å². The minimum absolute atomic E-state index is 0.304. The number of nitrogens with zero attached hydrogens (tertiary/aromatic N) is 1. The van der Waals surface area contributed by atoms with E-state index < -0.39 is 24.4 Å². The summed E-state index contributed by atoms with van der Waals surface area (Å²) >= 11 is 0. The summed E-state index contributed by atoms with van der Waals surface area (Å²) in [5.74, 6) is -4.72. The Kier molecular flexibility index (Phi) is 3.38. The van der Waals surface area contributed by atoms with E-state index in [1.54, 1.807) is 11.9 Å². The fourth-order valence-corrected chi connectivity index (χ4v) is 1.41. The van der Waals surface area contributed by atoms with Gasteiger partial charge < -0.3 is 15.4 Å². The van der Waals surface area contributed by atoms with Gasteiger partial charge in [-0.2, -0.15) is 8.78 Å². The monoisotopic (exact) mass is 208 g/mol. The number of halogens is 2. The number of cyclic esters (lactones) is 1. The molecule has 0 amide bonds. The molecule has 0 saturated carbocycles. The van der Waals surface area contributed by atoms with Crippen molar-refractivity contribution in [2.75, 3.05) is 26.7 Å². The Bertz CT molecular complexity index is 223. The van der Waals surface area contributed by atoms with Gasteiger partial charge in [0.2, 0.25) is 0 Å². The number of carbonyl (C=O) groups excluding carboxylic acids is 1. The van der Waals surface area contributed by atoms with Gasteiger partial charge in [-0.25, -0.2) is 4.79 Å². The Morgan fingerprint density at radius 2 is 2.36 bits per heavy atom. The molecule has 1 unspecified atom stereocenters. The maximum Gasteiger partial charge on any atom is 0.377 e. The summed E-state index contributed by atoms with van der Waals surface area (Å²) in [5, 5.41) is 0. The van der Waals surface area contributed by atoms with Crippen LogP contribution in [0.5, 0.6) is 0 Å². The number of rotatable bonds is 4. The first-order chi connectivity index (χ1) is 6.45. The second kappa shape index (κ2) is 4.18. The first kappa shape index (κ1) is 11.3. The van der Waals surface area contributed by atoms with Crippen LogP contribution in [0.2, 0.25) is 0 Å². The molecule has 2 N–H and O–H groups in total. The van der Waals surface area contributed by atoms with Crippen molar-refractivity contribution < 1.29 is 18.3 Å². The highest BCUT2D eigenvalue weighted by Gasteiger charge is 2.50. The molecular weight excluding hydrogens is 194 g/mol. The maximum absolute atomic E-state index is 12.7. The molecular formula is C8H14F2N2O2. The van der Waals surface area contributed by atoms with Crippen LogP contribution >= 0.6 is 0 Å². The van der Waals surface area contributed by atoms with E-state index in [4.69, 9.17) is 5.73 Å². The van der Waals surface area contributed by atoms with E-state index in [1.165, 1.54) is 0 Å². The van der Waals surface area contributed by atoms with E-state index in [-0.39, 0.29) is 0 Å². The second-order valence-electron chi connectivity index (χ2n) is 3.49. The zero-order valence-electron chi connectivity index (χ0n) is 8.00. The first-order valence-electron chi connectivity index (χ1n) is 4.43. The summed E-state index contributed by atoms with van der Waals surface area (Å²) in [7, 11) is 1.75. The molecule has 0 aromatic heterocycles. The Morgan fingerprint density at radius 3 is 2.79 bits per heavy atom. The van der Waals surface area contributed by atoms with Crippen LogP contribution in [-0.4, -0.2) is 49.6 Å². The van der Waals surface area contributed by atoms with Crippen LogP contribution in [0.3, 0.4) is 0 Å². The molecule has 0 bridgehead atoms. The third kappa shape index (κ3) is 2.62. The predicted octanol–water partition coefficient (Wildman–Crippen LogP) is -0.172. The normalized spacial score (nSPS) is 25.5. The number of alkyl halides is 2. The Balaban J connectivity index is 2.39. The number of hydrogen-bond donors (Lipinski definition) is 1. The number of esters is 1. The van der Waals surface area contributed by atoms with E-state index in [0.29, 0.717) is 19.6 Å². The van der Waals surface area contributed by atoms with Crippen molar-refractivity contribution >= 4 is 5.97 Å². The fraction of sp³-hybridized carbons (Fsp3) is 0.875. The molecule has 1 aliphatic heterocycles. The highest BCUT2D eigenvalue weighted by molar-refractivity contribution is 5.79. The summed E-state index contributed by atoms with van der Waals surface area (Å²) in [6.45, 7) is 1.35. The van der Waals surface area contributed by atoms with Gasteiger partial charge in [0.1, 0.15) is 6.10 Å². The molecule has 82 valence electrons. The topological polar surface area (TPSA) is 55.6 Å². The molecule has 4 nitrogen and oxygen atoms in total. The number of carbonyl (C=O) groups is 1. The molecule has 6 heteroatoms. The molecule has 1 aliphatic rings. The van der Waals surface area contributed by atoms with E-state index in [0.717, 1.165) is 0 Å². The molecule has 0 aromatic carbocycles. The van der Waals surface area contributed by atoms with Gasteiger partial charge in [0.25, 0.3) is 0 Å². The molecule has 1 fully saturated rings. The lowest BCUT2D eigenvalue weighted by molar-refractivity contribution is -0.159. The largest absolute Gasteiger partial charge is 0.456 e. The lowest BCUT2D eigenvalue weighted by Gasteiger charge is -2.18. The van der Waals surface area contributed by atoms with Gasteiger partial charge in [0, 0.05) is 19.6 Å².